The van der Waals surface area contributed by atoms with E-state index in [2.05, 4.69) is 10.5 Å². The summed E-state index contributed by atoms with van der Waals surface area (Å²) in [6.45, 7) is 2.29. The quantitative estimate of drug-likeness (QED) is 0.783. The van der Waals surface area contributed by atoms with Gasteiger partial charge in [-0.25, -0.2) is 8.78 Å². The van der Waals surface area contributed by atoms with Gasteiger partial charge in [-0.05, 0) is 39.1 Å². The highest BCUT2D eigenvalue weighted by Crippen LogP contribution is 2.36. The second-order valence-corrected chi connectivity index (χ2v) is 7.43. The highest BCUT2D eigenvalue weighted by atomic mass is 19.1. The van der Waals surface area contributed by atoms with E-state index in [-0.39, 0.29) is 17.2 Å². The fourth-order valence-electron chi connectivity index (χ4n) is 3.38. The van der Waals surface area contributed by atoms with Crippen LogP contribution in [0.25, 0.3) is 11.3 Å². The van der Waals surface area contributed by atoms with Crippen molar-refractivity contribution >= 4 is 5.91 Å². The van der Waals surface area contributed by atoms with Crippen LogP contribution < -0.4 is 5.32 Å². The number of ether oxygens (including phenoxy) is 1. The molecule has 1 aromatic carbocycles. The van der Waals surface area contributed by atoms with Crippen LogP contribution in [0.4, 0.5) is 8.78 Å². The Bertz CT molecular complexity index is 817. The Labute approximate surface area is 162 Å². The molecule has 0 radical (unpaired) electrons. The predicted octanol–water partition coefficient (Wildman–Crippen LogP) is 2.64. The lowest BCUT2D eigenvalue weighted by atomic mass is 9.75. The van der Waals surface area contributed by atoms with Gasteiger partial charge in [0.05, 0.1) is 5.41 Å². The maximum atomic E-state index is 14.0. The minimum atomic E-state index is -0.706. The van der Waals surface area contributed by atoms with E-state index < -0.39 is 17.0 Å². The van der Waals surface area contributed by atoms with E-state index in [0.717, 1.165) is 12.6 Å². The number of nitrogens with one attached hydrogen (secondary N) is 1. The highest BCUT2D eigenvalue weighted by Gasteiger charge is 2.41. The molecule has 2 heterocycles. The fraction of sp³-hybridized carbons (Fsp3) is 0.500. The maximum Gasteiger partial charge on any atom is 0.226 e. The minimum absolute atomic E-state index is 0.0384. The van der Waals surface area contributed by atoms with Gasteiger partial charge < -0.3 is 19.5 Å². The predicted molar refractivity (Wildman–Crippen MR) is 99.6 cm³/mol. The molecule has 0 spiro atoms. The van der Waals surface area contributed by atoms with Crippen LogP contribution in [0.1, 0.15) is 18.6 Å². The summed E-state index contributed by atoms with van der Waals surface area (Å²) >= 11 is 0. The largest absolute Gasteiger partial charge is 0.381 e. The third-order valence-corrected chi connectivity index (χ3v) is 5.05. The molecule has 3 rings (SSSR count). The Morgan fingerprint density at radius 1 is 1.25 bits per heavy atom. The van der Waals surface area contributed by atoms with Crippen molar-refractivity contribution < 1.29 is 22.8 Å². The van der Waals surface area contributed by atoms with Crippen molar-refractivity contribution in [1.29, 1.82) is 0 Å². The second-order valence-electron chi connectivity index (χ2n) is 7.43. The van der Waals surface area contributed by atoms with Gasteiger partial charge in [-0.2, -0.15) is 0 Å². The average molecular weight is 393 g/mol. The minimum Gasteiger partial charge on any atom is -0.381 e. The van der Waals surface area contributed by atoms with Gasteiger partial charge in [0.1, 0.15) is 23.1 Å². The summed E-state index contributed by atoms with van der Waals surface area (Å²) in [4.78, 5) is 14.9. The van der Waals surface area contributed by atoms with Gasteiger partial charge in [-0.15, -0.1) is 0 Å². The Hall–Kier alpha value is -2.32. The SMILES string of the molecule is CN(C)CCNC(=O)C1(Cc2cc(-c3ccc(F)cc3F)no2)CCOCC1. The number of nitrogens with zero attached hydrogens (tertiary/aromatic N) is 2. The third kappa shape index (κ3) is 4.74. The molecule has 1 fully saturated rings. The molecule has 0 unspecified atom stereocenters. The molecule has 0 bridgehead atoms. The summed E-state index contributed by atoms with van der Waals surface area (Å²) in [5, 5.41) is 6.91. The molecule has 1 saturated heterocycles. The zero-order valence-corrected chi connectivity index (χ0v) is 16.1. The van der Waals surface area contributed by atoms with Crippen molar-refractivity contribution in [2.75, 3.05) is 40.4 Å². The molecule has 1 amide bonds. The number of hydrogen-bond acceptors (Lipinski definition) is 5. The van der Waals surface area contributed by atoms with E-state index in [1.807, 2.05) is 19.0 Å². The van der Waals surface area contributed by atoms with E-state index in [1.165, 1.54) is 12.1 Å². The lowest BCUT2D eigenvalue weighted by Crippen LogP contribution is -2.47. The molecule has 0 aliphatic carbocycles. The van der Waals surface area contributed by atoms with E-state index in [0.29, 0.717) is 44.8 Å². The number of halogens is 2. The van der Waals surface area contributed by atoms with Crippen LogP contribution in [0.3, 0.4) is 0 Å². The van der Waals surface area contributed by atoms with Gasteiger partial charge in [0, 0.05) is 50.4 Å². The smallest absolute Gasteiger partial charge is 0.226 e. The zero-order chi connectivity index (χ0) is 20.1. The van der Waals surface area contributed by atoms with Crippen molar-refractivity contribution in [3.63, 3.8) is 0 Å². The Kier molecular flexibility index (Phi) is 6.41. The first-order chi connectivity index (χ1) is 13.4. The molecule has 6 nitrogen and oxygen atoms in total. The number of rotatable bonds is 7. The lowest BCUT2D eigenvalue weighted by molar-refractivity contribution is -0.137. The topological polar surface area (TPSA) is 67.6 Å². The molecule has 0 saturated carbocycles. The van der Waals surface area contributed by atoms with Crippen molar-refractivity contribution in [2.45, 2.75) is 19.3 Å². The number of carbonyl (C=O) groups is 1. The number of aromatic nitrogens is 1. The molecule has 1 N–H and O–H groups in total. The summed E-state index contributed by atoms with van der Waals surface area (Å²) in [6.07, 6.45) is 1.49. The number of amides is 1. The molecule has 28 heavy (non-hydrogen) atoms. The third-order valence-electron chi connectivity index (χ3n) is 5.05. The number of hydrogen-bond donors (Lipinski definition) is 1. The Morgan fingerprint density at radius 2 is 2.00 bits per heavy atom. The van der Waals surface area contributed by atoms with Crippen LogP contribution in [0.2, 0.25) is 0 Å². The molecule has 8 heteroatoms. The van der Waals surface area contributed by atoms with Gasteiger partial charge in [-0.3, -0.25) is 4.79 Å². The van der Waals surface area contributed by atoms with E-state index >= 15 is 0 Å². The monoisotopic (exact) mass is 393 g/mol. The standard InChI is InChI=1S/C20H25F2N3O3/c1-25(2)8-7-23-19(26)20(5-9-27-10-6-20)13-15-12-18(24-28-15)16-4-3-14(21)11-17(16)22/h3-4,11-12H,5-10,13H2,1-2H3,(H,23,26). The summed E-state index contributed by atoms with van der Waals surface area (Å²) in [5.74, 6) is -0.908. The molecule has 1 aromatic heterocycles. The Morgan fingerprint density at radius 3 is 2.68 bits per heavy atom. The average Bonchev–Trinajstić information content (AvgIpc) is 3.10. The van der Waals surface area contributed by atoms with Gasteiger partial charge in [0.15, 0.2) is 0 Å². The lowest BCUT2D eigenvalue weighted by Gasteiger charge is -2.35. The van der Waals surface area contributed by atoms with Gasteiger partial charge in [0.25, 0.3) is 0 Å². The summed E-state index contributed by atoms with van der Waals surface area (Å²) in [6, 6.07) is 4.91. The van der Waals surface area contributed by atoms with Gasteiger partial charge >= 0.3 is 0 Å². The molecule has 1 aliphatic rings. The van der Waals surface area contributed by atoms with Crippen molar-refractivity contribution in [3.8, 4) is 11.3 Å². The van der Waals surface area contributed by atoms with Crippen LogP contribution >= 0.6 is 0 Å². The molecular weight excluding hydrogens is 368 g/mol. The van der Waals surface area contributed by atoms with Crippen LogP contribution in [0.5, 0.6) is 0 Å². The van der Waals surface area contributed by atoms with Crippen LogP contribution in [-0.4, -0.2) is 56.4 Å². The molecule has 152 valence electrons. The first kappa shape index (κ1) is 20.4. The normalized spacial score (nSPS) is 16.3. The van der Waals surface area contributed by atoms with Crippen molar-refractivity contribution in [1.82, 2.24) is 15.4 Å². The zero-order valence-electron chi connectivity index (χ0n) is 16.1. The number of carbonyl (C=O) groups excluding carboxylic acids is 1. The van der Waals surface area contributed by atoms with E-state index in [1.54, 1.807) is 6.07 Å². The number of likely N-dealkylation sites (N-methyl/N-ethyl adjacent to an activating group) is 1. The van der Waals surface area contributed by atoms with Crippen LogP contribution in [0, 0.1) is 17.0 Å². The number of benzene rings is 1. The summed E-state index contributed by atoms with van der Waals surface area (Å²) < 4.78 is 38.0. The van der Waals surface area contributed by atoms with Crippen molar-refractivity contribution in [3.05, 3.63) is 41.7 Å². The van der Waals surface area contributed by atoms with Crippen molar-refractivity contribution in [2.24, 2.45) is 5.41 Å². The van der Waals surface area contributed by atoms with E-state index in [9.17, 15) is 13.6 Å². The summed E-state index contributed by atoms with van der Waals surface area (Å²) in [5.41, 5.74) is -0.210. The van der Waals surface area contributed by atoms with Gasteiger partial charge in [0.2, 0.25) is 5.91 Å². The van der Waals surface area contributed by atoms with E-state index in [4.69, 9.17) is 9.26 Å². The highest BCUT2D eigenvalue weighted by molar-refractivity contribution is 5.83. The fourth-order valence-corrected chi connectivity index (χ4v) is 3.38. The van der Waals surface area contributed by atoms with Gasteiger partial charge in [-0.1, -0.05) is 5.16 Å². The molecular formula is C20H25F2N3O3. The molecule has 1 aliphatic heterocycles. The first-order valence-corrected chi connectivity index (χ1v) is 9.31. The van der Waals surface area contributed by atoms with Crippen LogP contribution in [0.15, 0.2) is 28.8 Å². The Balaban J connectivity index is 1.76. The van der Waals surface area contributed by atoms with Crippen LogP contribution in [-0.2, 0) is 16.0 Å². The molecule has 2 aromatic rings. The molecule has 0 atom stereocenters. The summed E-state index contributed by atoms with van der Waals surface area (Å²) in [7, 11) is 3.89. The first-order valence-electron chi connectivity index (χ1n) is 9.31. The maximum absolute atomic E-state index is 14.0. The second kappa shape index (κ2) is 8.79.